The van der Waals surface area contributed by atoms with Gasteiger partial charge in [0.1, 0.15) is 5.75 Å². The predicted octanol–water partition coefficient (Wildman–Crippen LogP) is 1.90. The summed E-state index contributed by atoms with van der Waals surface area (Å²) < 4.78 is 5.11. The summed E-state index contributed by atoms with van der Waals surface area (Å²) in [6, 6.07) is 4.99. The van der Waals surface area contributed by atoms with E-state index in [4.69, 9.17) is 10.5 Å². The molecule has 1 aromatic rings. The van der Waals surface area contributed by atoms with Crippen LogP contribution in [0.2, 0.25) is 0 Å². The Labute approximate surface area is 131 Å². The Hall–Kier alpha value is -2.08. The number of carbonyl (C=O) groups is 2. The van der Waals surface area contributed by atoms with Crippen molar-refractivity contribution >= 4 is 17.5 Å². The second-order valence-electron chi connectivity index (χ2n) is 4.99. The van der Waals surface area contributed by atoms with Gasteiger partial charge >= 0.3 is 0 Å². The van der Waals surface area contributed by atoms with E-state index in [1.807, 2.05) is 0 Å². The van der Waals surface area contributed by atoms with Crippen molar-refractivity contribution in [1.29, 1.82) is 0 Å². The molecule has 0 aliphatic heterocycles. The summed E-state index contributed by atoms with van der Waals surface area (Å²) in [4.78, 5) is 23.9. The van der Waals surface area contributed by atoms with Crippen molar-refractivity contribution in [2.75, 3.05) is 26.0 Å². The second-order valence-corrected chi connectivity index (χ2v) is 4.99. The van der Waals surface area contributed by atoms with Gasteiger partial charge in [-0.05, 0) is 37.6 Å². The fraction of sp³-hybridized carbons (Fsp3) is 0.500. The highest BCUT2D eigenvalue weighted by atomic mass is 16.5. The average Bonchev–Trinajstić information content (AvgIpc) is 2.54. The maximum absolute atomic E-state index is 12.0. The smallest absolute Gasteiger partial charge is 0.253 e. The van der Waals surface area contributed by atoms with E-state index >= 15 is 0 Å². The van der Waals surface area contributed by atoms with Crippen LogP contribution >= 0.6 is 0 Å². The van der Waals surface area contributed by atoms with E-state index in [-0.39, 0.29) is 11.8 Å². The lowest BCUT2D eigenvalue weighted by atomic mass is 10.1. The molecule has 122 valence electrons. The van der Waals surface area contributed by atoms with Crippen molar-refractivity contribution in [3.63, 3.8) is 0 Å². The molecule has 2 amide bonds. The summed E-state index contributed by atoms with van der Waals surface area (Å²) in [7, 11) is 3.08. The predicted molar refractivity (Wildman–Crippen MR) is 87.2 cm³/mol. The molecule has 0 unspecified atom stereocenters. The van der Waals surface area contributed by atoms with Crippen LogP contribution in [0.5, 0.6) is 5.75 Å². The molecule has 0 aliphatic carbocycles. The first-order valence-corrected chi connectivity index (χ1v) is 7.52. The van der Waals surface area contributed by atoms with Crippen molar-refractivity contribution in [2.24, 2.45) is 5.73 Å². The molecule has 0 atom stereocenters. The van der Waals surface area contributed by atoms with Crippen LogP contribution < -0.4 is 21.1 Å². The number of benzene rings is 1. The third kappa shape index (κ3) is 5.73. The quantitative estimate of drug-likeness (QED) is 0.607. The van der Waals surface area contributed by atoms with Crippen LogP contribution in [-0.4, -0.2) is 32.5 Å². The van der Waals surface area contributed by atoms with Crippen LogP contribution in [-0.2, 0) is 4.79 Å². The van der Waals surface area contributed by atoms with Crippen LogP contribution in [0.15, 0.2) is 18.2 Å². The fourth-order valence-corrected chi connectivity index (χ4v) is 2.08. The first-order chi connectivity index (χ1) is 10.6. The Kier molecular flexibility index (Phi) is 7.99. The summed E-state index contributed by atoms with van der Waals surface area (Å²) >= 11 is 0. The topological polar surface area (TPSA) is 93.5 Å². The number of rotatable bonds is 9. The van der Waals surface area contributed by atoms with Gasteiger partial charge in [0.15, 0.2) is 0 Å². The van der Waals surface area contributed by atoms with Gasteiger partial charge in [0.25, 0.3) is 5.91 Å². The molecule has 0 aromatic heterocycles. The molecule has 0 radical (unpaired) electrons. The number of methoxy groups -OCH3 is 1. The van der Waals surface area contributed by atoms with Crippen molar-refractivity contribution in [3.8, 4) is 5.75 Å². The van der Waals surface area contributed by atoms with E-state index in [0.717, 1.165) is 25.7 Å². The highest BCUT2D eigenvalue weighted by Crippen LogP contribution is 2.22. The highest BCUT2D eigenvalue weighted by Gasteiger charge is 2.13. The summed E-state index contributed by atoms with van der Waals surface area (Å²) in [5, 5.41) is 5.34. The largest absolute Gasteiger partial charge is 0.497 e. The second kappa shape index (κ2) is 9.78. The molecule has 4 N–H and O–H groups in total. The fourth-order valence-electron chi connectivity index (χ4n) is 2.08. The van der Waals surface area contributed by atoms with Crippen molar-refractivity contribution in [1.82, 2.24) is 5.32 Å². The van der Waals surface area contributed by atoms with E-state index in [1.54, 1.807) is 25.2 Å². The van der Waals surface area contributed by atoms with E-state index in [0.29, 0.717) is 30.0 Å². The normalized spacial score (nSPS) is 10.1. The number of anilines is 1. The average molecular weight is 307 g/mol. The third-order valence-electron chi connectivity index (χ3n) is 3.33. The van der Waals surface area contributed by atoms with Gasteiger partial charge < -0.3 is 21.1 Å². The lowest BCUT2D eigenvalue weighted by molar-refractivity contribution is -0.116. The minimum Gasteiger partial charge on any atom is -0.497 e. The Bertz CT molecular complexity index is 503. The molecule has 1 rings (SSSR count). The monoisotopic (exact) mass is 307 g/mol. The van der Waals surface area contributed by atoms with Crippen molar-refractivity contribution in [2.45, 2.75) is 32.1 Å². The molecule has 0 heterocycles. The maximum Gasteiger partial charge on any atom is 0.253 e. The van der Waals surface area contributed by atoms with Gasteiger partial charge in [-0.2, -0.15) is 0 Å². The lowest BCUT2D eigenvalue weighted by Crippen LogP contribution is -2.21. The lowest BCUT2D eigenvalue weighted by Gasteiger charge is -2.12. The number of nitrogens with one attached hydrogen (secondary N) is 2. The summed E-state index contributed by atoms with van der Waals surface area (Å²) in [5.74, 6) is 0.207. The Balaban J connectivity index is 2.63. The Morgan fingerprint density at radius 3 is 2.55 bits per heavy atom. The summed E-state index contributed by atoms with van der Waals surface area (Å²) in [5.41, 5.74) is 6.31. The van der Waals surface area contributed by atoms with Crippen LogP contribution in [0.4, 0.5) is 5.69 Å². The molecule has 0 spiro atoms. The molecule has 1 aromatic carbocycles. The number of nitrogens with two attached hydrogens (primary N) is 1. The van der Waals surface area contributed by atoms with Gasteiger partial charge in [-0.15, -0.1) is 0 Å². The van der Waals surface area contributed by atoms with Crippen LogP contribution in [0.3, 0.4) is 0 Å². The molecule has 0 saturated carbocycles. The first kappa shape index (κ1) is 18.0. The Morgan fingerprint density at radius 1 is 1.18 bits per heavy atom. The zero-order valence-corrected chi connectivity index (χ0v) is 13.3. The molecular weight excluding hydrogens is 282 g/mol. The van der Waals surface area contributed by atoms with Crippen LogP contribution in [0.1, 0.15) is 42.5 Å². The summed E-state index contributed by atoms with van der Waals surface area (Å²) in [6.07, 6.45) is 4.26. The van der Waals surface area contributed by atoms with Gasteiger partial charge in [0, 0.05) is 13.5 Å². The van der Waals surface area contributed by atoms with E-state index in [9.17, 15) is 9.59 Å². The number of hydrogen-bond acceptors (Lipinski definition) is 4. The molecule has 22 heavy (non-hydrogen) atoms. The number of ether oxygens (including phenoxy) is 1. The first-order valence-electron chi connectivity index (χ1n) is 7.52. The van der Waals surface area contributed by atoms with Gasteiger partial charge in [0.05, 0.1) is 18.4 Å². The van der Waals surface area contributed by atoms with Crippen LogP contribution in [0, 0.1) is 0 Å². The van der Waals surface area contributed by atoms with Gasteiger partial charge in [-0.1, -0.05) is 12.8 Å². The SMILES string of the molecule is CNC(=O)c1cc(OC)ccc1NC(=O)CCCCCCN. The zero-order valence-electron chi connectivity index (χ0n) is 13.3. The number of unbranched alkanes of at least 4 members (excludes halogenated alkanes) is 3. The summed E-state index contributed by atoms with van der Waals surface area (Å²) in [6.45, 7) is 0.688. The molecule has 0 fully saturated rings. The zero-order chi connectivity index (χ0) is 16.4. The number of hydrogen-bond donors (Lipinski definition) is 3. The number of amides is 2. The molecule has 0 bridgehead atoms. The molecule has 6 heteroatoms. The van der Waals surface area contributed by atoms with Gasteiger partial charge in [0.2, 0.25) is 5.91 Å². The third-order valence-corrected chi connectivity index (χ3v) is 3.33. The van der Waals surface area contributed by atoms with Gasteiger partial charge in [-0.25, -0.2) is 0 Å². The molecule has 6 nitrogen and oxygen atoms in total. The standard InChI is InChI=1S/C16H25N3O3/c1-18-16(21)13-11-12(22-2)8-9-14(13)19-15(20)7-5-3-4-6-10-17/h8-9,11H,3-7,10,17H2,1-2H3,(H,18,21)(H,19,20). The van der Waals surface area contributed by atoms with Crippen molar-refractivity contribution in [3.05, 3.63) is 23.8 Å². The molecule has 0 saturated heterocycles. The van der Waals surface area contributed by atoms with E-state index < -0.39 is 0 Å². The van der Waals surface area contributed by atoms with Crippen LogP contribution in [0.25, 0.3) is 0 Å². The minimum atomic E-state index is -0.267. The molecule has 0 aliphatic rings. The minimum absolute atomic E-state index is 0.0944. The number of carbonyl (C=O) groups excluding carboxylic acids is 2. The molecular formula is C16H25N3O3. The van der Waals surface area contributed by atoms with E-state index in [1.165, 1.54) is 7.11 Å². The van der Waals surface area contributed by atoms with E-state index in [2.05, 4.69) is 10.6 Å². The Morgan fingerprint density at radius 2 is 1.91 bits per heavy atom. The maximum atomic E-state index is 12.0. The van der Waals surface area contributed by atoms with Gasteiger partial charge in [-0.3, -0.25) is 9.59 Å². The van der Waals surface area contributed by atoms with Crippen molar-refractivity contribution < 1.29 is 14.3 Å². The highest BCUT2D eigenvalue weighted by molar-refractivity contribution is 6.04.